The van der Waals surface area contributed by atoms with Crippen LogP contribution in [-0.4, -0.2) is 68.5 Å². The van der Waals surface area contributed by atoms with Crippen LogP contribution < -0.4 is 10.2 Å². The fraction of sp³-hybridized carbons (Fsp3) is 0.940. The number of hydrogen-bond acceptors (Lipinski definition) is 6. The molecule has 0 heterocycles. The van der Waals surface area contributed by atoms with Crippen LogP contribution in [0.4, 0.5) is 0 Å². The maximum Gasteiger partial charge on any atom is 0.268 e. The number of unbranched alkanes of at least 4 members (excludes halogenated alkanes) is 32. The lowest BCUT2D eigenvalue weighted by molar-refractivity contribution is -0.870. The normalized spacial score (nSPS) is 14.2. The summed E-state index contributed by atoms with van der Waals surface area (Å²) in [6.45, 7) is 4.67. The molecule has 0 bridgehead atoms. The highest BCUT2D eigenvalue weighted by molar-refractivity contribution is 7.45. The molecule has 3 atom stereocenters. The summed E-state index contributed by atoms with van der Waals surface area (Å²) in [6.07, 6.45) is 49.6. The molecule has 0 fully saturated rings. The lowest BCUT2D eigenvalue weighted by Gasteiger charge is -2.30. The van der Waals surface area contributed by atoms with Crippen LogP contribution in [-0.2, 0) is 18.4 Å². The van der Waals surface area contributed by atoms with Gasteiger partial charge in [0.1, 0.15) is 13.2 Å². The standard InChI is InChI=1S/C50H101N2O6P/c1-6-8-10-12-14-16-18-19-20-21-22-23-24-25-26-27-28-29-30-31-32-33-34-35-37-39-41-43-49(53)48(47-58-59(55,56)57-46-45-52(3,4)5)51-50(54)44-42-40-38-36-17-15-13-11-9-7-2/h11,13,48-49,53H,6-10,12,14-47H2,1-5H3,(H-,51,54,55,56)/b13-11-. The van der Waals surface area contributed by atoms with Crippen molar-refractivity contribution in [2.24, 2.45) is 0 Å². The first-order chi connectivity index (χ1) is 28.5. The van der Waals surface area contributed by atoms with E-state index in [9.17, 15) is 19.4 Å². The van der Waals surface area contributed by atoms with Gasteiger partial charge in [-0.25, -0.2) is 0 Å². The number of hydrogen-bond donors (Lipinski definition) is 2. The Morgan fingerprint density at radius 1 is 0.576 bits per heavy atom. The quantitative estimate of drug-likeness (QED) is 0.0273. The molecule has 0 radical (unpaired) electrons. The van der Waals surface area contributed by atoms with Gasteiger partial charge in [-0.05, 0) is 32.1 Å². The summed E-state index contributed by atoms with van der Waals surface area (Å²) in [5.74, 6) is -0.174. The van der Waals surface area contributed by atoms with Crippen LogP contribution in [0.1, 0.15) is 251 Å². The second-order valence-electron chi connectivity index (χ2n) is 18.9. The Labute approximate surface area is 367 Å². The number of phosphoric ester groups is 1. The van der Waals surface area contributed by atoms with Crippen molar-refractivity contribution in [2.45, 2.75) is 264 Å². The molecule has 0 aromatic rings. The van der Waals surface area contributed by atoms with Gasteiger partial charge in [0.25, 0.3) is 7.82 Å². The maximum atomic E-state index is 12.8. The fourth-order valence-corrected chi connectivity index (χ4v) is 8.41. The van der Waals surface area contributed by atoms with Gasteiger partial charge >= 0.3 is 0 Å². The molecule has 0 saturated heterocycles. The zero-order valence-electron chi connectivity index (χ0n) is 40.0. The highest BCUT2D eigenvalue weighted by atomic mass is 31.2. The highest BCUT2D eigenvalue weighted by Crippen LogP contribution is 2.38. The molecule has 1 amide bonds. The molecule has 8 nitrogen and oxygen atoms in total. The number of quaternary nitrogens is 1. The number of carbonyl (C=O) groups excluding carboxylic acids is 1. The van der Waals surface area contributed by atoms with Crippen LogP contribution >= 0.6 is 7.82 Å². The Hall–Kier alpha value is -0.760. The van der Waals surface area contributed by atoms with Crippen molar-refractivity contribution in [3.63, 3.8) is 0 Å². The van der Waals surface area contributed by atoms with Crippen LogP contribution in [0, 0.1) is 0 Å². The molecule has 0 spiro atoms. The predicted octanol–water partition coefficient (Wildman–Crippen LogP) is 14.1. The summed E-state index contributed by atoms with van der Waals surface area (Å²) in [6, 6.07) is -0.800. The number of amides is 1. The number of likely N-dealkylation sites (N-methyl/N-ethyl adjacent to an activating group) is 1. The van der Waals surface area contributed by atoms with E-state index in [-0.39, 0.29) is 19.1 Å². The van der Waals surface area contributed by atoms with Gasteiger partial charge in [-0.3, -0.25) is 9.36 Å². The second kappa shape index (κ2) is 42.5. The number of carbonyl (C=O) groups is 1. The van der Waals surface area contributed by atoms with Crippen molar-refractivity contribution in [1.29, 1.82) is 0 Å². The SMILES string of the molecule is CCC/C=C\CCCCCCCC(=O)NC(COP(=O)([O-])OCC[N+](C)(C)C)C(O)CCCCCCCCCCCCCCCCCCCCCCCCCCCCC. The monoisotopic (exact) mass is 857 g/mol. The maximum absolute atomic E-state index is 12.8. The molecule has 0 rings (SSSR count). The van der Waals surface area contributed by atoms with Gasteiger partial charge in [0.05, 0.1) is 39.9 Å². The molecule has 0 aliphatic carbocycles. The molecule has 0 aromatic carbocycles. The molecule has 2 N–H and O–H groups in total. The van der Waals surface area contributed by atoms with E-state index < -0.39 is 20.0 Å². The van der Waals surface area contributed by atoms with E-state index in [1.807, 2.05) is 21.1 Å². The minimum absolute atomic E-state index is 0.0124. The van der Waals surface area contributed by atoms with E-state index in [2.05, 4.69) is 31.3 Å². The summed E-state index contributed by atoms with van der Waals surface area (Å²) in [4.78, 5) is 25.3. The summed E-state index contributed by atoms with van der Waals surface area (Å²) in [5, 5.41) is 13.9. The Morgan fingerprint density at radius 3 is 1.39 bits per heavy atom. The fourth-order valence-electron chi connectivity index (χ4n) is 7.69. The molecule has 352 valence electrons. The predicted molar refractivity (Wildman–Crippen MR) is 252 cm³/mol. The number of rotatable bonds is 47. The zero-order chi connectivity index (χ0) is 43.6. The van der Waals surface area contributed by atoms with Gasteiger partial charge in [0.2, 0.25) is 5.91 Å². The highest BCUT2D eigenvalue weighted by Gasteiger charge is 2.24. The number of nitrogens with zero attached hydrogens (tertiary/aromatic N) is 1. The summed E-state index contributed by atoms with van der Waals surface area (Å²) in [5.41, 5.74) is 0. The van der Waals surface area contributed by atoms with E-state index >= 15 is 0 Å². The van der Waals surface area contributed by atoms with Gasteiger partial charge < -0.3 is 28.8 Å². The topological polar surface area (TPSA) is 108 Å². The molecular weight excluding hydrogens is 756 g/mol. The summed E-state index contributed by atoms with van der Waals surface area (Å²) in [7, 11) is 1.31. The van der Waals surface area contributed by atoms with Crippen molar-refractivity contribution < 1.29 is 32.9 Å². The first-order valence-electron chi connectivity index (χ1n) is 25.5. The van der Waals surface area contributed by atoms with Crippen LogP contribution in [0.3, 0.4) is 0 Å². The Bertz CT molecular complexity index is 974. The summed E-state index contributed by atoms with van der Waals surface area (Å²) < 4.78 is 23.3. The average molecular weight is 857 g/mol. The van der Waals surface area contributed by atoms with E-state index in [0.29, 0.717) is 23.9 Å². The van der Waals surface area contributed by atoms with E-state index in [0.717, 1.165) is 57.8 Å². The minimum atomic E-state index is -4.56. The summed E-state index contributed by atoms with van der Waals surface area (Å²) >= 11 is 0. The number of phosphoric acid groups is 1. The van der Waals surface area contributed by atoms with Gasteiger partial charge in [-0.1, -0.05) is 225 Å². The van der Waals surface area contributed by atoms with Crippen LogP contribution in [0.5, 0.6) is 0 Å². The third-order valence-electron chi connectivity index (χ3n) is 11.7. The van der Waals surface area contributed by atoms with Gasteiger partial charge in [-0.2, -0.15) is 0 Å². The van der Waals surface area contributed by atoms with Crippen LogP contribution in [0.25, 0.3) is 0 Å². The van der Waals surface area contributed by atoms with Crippen LogP contribution in [0.15, 0.2) is 12.2 Å². The third kappa shape index (κ3) is 45.1. The van der Waals surface area contributed by atoms with Crippen molar-refractivity contribution in [1.82, 2.24) is 5.32 Å². The van der Waals surface area contributed by atoms with Crippen LogP contribution in [0.2, 0.25) is 0 Å². The number of allylic oxidation sites excluding steroid dienone is 2. The third-order valence-corrected chi connectivity index (χ3v) is 12.7. The number of aliphatic hydroxyl groups is 1. The molecule has 3 unspecified atom stereocenters. The van der Waals surface area contributed by atoms with Gasteiger partial charge in [0.15, 0.2) is 0 Å². The zero-order valence-corrected chi connectivity index (χ0v) is 40.9. The smallest absolute Gasteiger partial charge is 0.268 e. The molecule has 0 saturated carbocycles. The molecule has 0 aliphatic heterocycles. The molecular formula is C50H101N2O6P. The van der Waals surface area contributed by atoms with Crippen molar-refractivity contribution in [2.75, 3.05) is 40.9 Å². The molecule has 0 aromatic heterocycles. The lowest BCUT2D eigenvalue weighted by Crippen LogP contribution is -2.46. The molecule has 9 heteroatoms. The Morgan fingerprint density at radius 2 is 0.966 bits per heavy atom. The Balaban J connectivity index is 4.05. The first kappa shape index (κ1) is 58.2. The Kier molecular flexibility index (Phi) is 42.0. The van der Waals surface area contributed by atoms with Gasteiger partial charge in [-0.15, -0.1) is 0 Å². The van der Waals surface area contributed by atoms with Crippen molar-refractivity contribution in [3.05, 3.63) is 12.2 Å². The van der Waals surface area contributed by atoms with Crippen molar-refractivity contribution >= 4 is 13.7 Å². The van der Waals surface area contributed by atoms with Crippen molar-refractivity contribution in [3.8, 4) is 0 Å². The first-order valence-corrected chi connectivity index (χ1v) is 27.0. The average Bonchev–Trinajstić information content (AvgIpc) is 3.19. The number of aliphatic hydroxyl groups excluding tert-OH is 1. The number of nitrogens with one attached hydrogen (secondary N) is 1. The van der Waals surface area contributed by atoms with Gasteiger partial charge in [0, 0.05) is 6.42 Å². The van der Waals surface area contributed by atoms with E-state index in [1.165, 1.54) is 167 Å². The second-order valence-corrected chi connectivity index (χ2v) is 20.3. The minimum Gasteiger partial charge on any atom is -0.756 e. The lowest BCUT2D eigenvalue weighted by atomic mass is 10.0. The van der Waals surface area contributed by atoms with E-state index in [4.69, 9.17) is 9.05 Å². The molecule has 0 aliphatic rings. The largest absolute Gasteiger partial charge is 0.756 e. The van der Waals surface area contributed by atoms with E-state index in [1.54, 1.807) is 0 Å². The molecule has 59 heavy (non-hydrogen) atoms.